The van der Waals surface area contributed by atoms with Gasteiger partial charge in [0, 0.05) is 38.4 Å². The Balaban J connectivity index is 1.30. The number of likely N-dealkylation sites (tertiary alicyclic amines) is 1. The Morgan fingerprint density at radius 3 is 2.63 bits per heavy atom. The first-order chi connectivity index (χ1) is 13.1. The normalized spacial score (nSPS) is 21.9. The average Bonchev–Trinajstić information content (AvgIpc) is 3.15. The maximum atomic E-state index is 13.0. The predicted octanol–water partition coefficient (Wildman–Crippen LogP) is 3.07. The molecule has 2 saturated heterocycles. The number of hydrogen-bond donors (Lipinski definition) is 2. The fraction of sp³-hybridized carbons (Fsp3) is 0.667. The van der Waals surface area contributed by atoms with Crippen molar-refractivity contribution < 1.29 is 9.18 Å². The molecule has 1 aromatic carbocycles. The second-order valence-corrected chi connectivity index (χ2v) is 8.13. The fourth-order valence-electron chi connectivity index (χ4n) is 4.10. The summed E-state index contributed by atoms with van der Waals surface area (Å²) in [6, 6.07) is 6.57. The molecule has 0 spiro atoms. The zero-order valence-electron chi connectivity index (χ0n) is 16.4. The van der Waals surface area contributed by atoms with Gasteiger partial charge in [-0.05, 0) is 68.5 Å². The summed E-state index contributed by atoms with van der Waals surface area (Å²) in [5.41, 5.74) is 1.05. The van der Waals surface area contributed by atoms with Crippen LogP contribution < -0.4 is 15.5 Å². The number of amides is 2. The molecule has 0 saturated carbocycles. The summed E-state index contributed by atoms with van der Waals surface area (Å²) in [5.74, 6) is 0.697. The molecule has 2 heterocycles. The van der Waals surface area contributed by atoms with E-state index in [0.29, 0.717) is 24.9 Å². The highest BCUT2D eigenvalue weighted by Gasteiger charge is 2.23. The van der Waals surface area contributed by atoms with E-state index in [9.17, 15) is 9.18 Å². The monoisotopic (exact) mass is 376 g/mol. The summed E-state index contributed by atoms with van der Waals surface area (Å²) in [7, 11) is 0. The van der Waals surface area contributed by atoms with E-state index in [0.717, 1.165) is 31.7 Å². The van der Waals surface area contributed by atoms with Crippen LogP contribution in [0.2, 0.25) is 0 Å². The second kappa shape index (κ2) is 9.93. The minimum Gasteiger partial charge on any atom is -0.371 e. The molecule has 2 N–H and O–H groups in total. The molecular formula is C21H33FN4O. The van der Waals surface area contributed by atoms with Crippen molar-refractivity contribution in [3.8, 4) is 0 Å². The van der Waals surface area contributed by atoms with E-state index in [2.05, 4.69) is 27.4 Å². The van der Waals surface area contributed by atoms with Gasteiger partial charge in [-0.25, -0.2) is 9.18 Å². The van der Waals surface area contributed by atoms with Gasteiger partial charge in [0.2, 0.25) is 0 Å². The molecule has 3 rings (SSSR count). The zero-order chi connectivity index (χ0) is 19.1. The van der Waals surface area contributed by atoms with E-state index >= 15 is 0 Å². The number of benzene rings is 1. The highest BCUT2D eigenvalue weighted by atomic mass is 19.1. The second-order valence-electron chi connectivity index (χ2n) is 8.13. The third-order valence-corrected chi connectivity index (χ3v) is 5.66. The van der Waals surface area contributed by atoms with Crippen LogP contribution in [0.5, 0.6) is 0 Å². The van der Waals surface area contributed by atoms with Gasteiger partial charge in [-0.2, -0.15) is 0 Å². The Kier molecular flexibility index (Phi) is 7.33. The summed E-state index contributed by atoms with van der Waals surface area (Å²) in [6.07, 6.45) is 5.00. The topological polar surface area (TPSA) is 47.6 Å². The van der Waals surface area contributed by atoms with Crippen molar-refractivity contribution in [2.75, 3.05) is 50.7 Å². The number of urea groups is 1. The van der Waals surface area contributed by atoms with E-state index in [1.165, 1.54) is 44.5 Å². The summed E-state index contributed by atoms with van der Waals surface area (Å²) < 4.78 is 13.0. The molecular weight excluding hydrogens is 343 g/mol. The van der Waals surface area contributed by atoms with Crippen molar-refractivity contribution in [3.05, 3.63) is 30.1 Å². The Morgan fingerprint density at radius 1 is 1.15 bits per heavy atom. The SMILES string of the molecule is CC(CNC(=O)NCC1CCN(c2ccc(F)cc2)C1)CN1CCCCC1. The fourth-order valence-corrected chi connectivity index (χ4v) is 4.10. The van der Waals surface area contributed by atoms with Crippen LogP contribution in [0.4, 0.5) is 14.9 Å². The molecule has 2 aliphatic rings. The quantitative estimate of drug-likeness (QED) is 0.769. The molecule has 0 bridgehead atoms. The molecule has 0 aliphatic carbocycles. The predicted molar refractivity (Wildman–Crippen MR) is 108 cm³/mol. The van der Waals surface area contributed by atoms with Crippen LogP contribution >= 0.6 is 0 Å². The summed E-state index contributed by atoms with van der Waals surface area (Å²) in [5, 5.41) is 6.03. The van der Waals surface area contributed by atoms with Crippen LogP contribution in [0.25, 0.3) is 0 Å². The van der Waals surface area contributed by atoms with Crippen LogP contribution in [0.3, 0.4) is 0 Å². The minimum absolute atomic E-state index is 0.0688. The number of hydrogen-bond acceptors (Lipinski definition) is 3. The van der Waals surface area contributed by atoms with Crippen LogP contribution in [0, 0.1) is 17.7 Å². The van der Waals surface area contributed by atoms with Gasteiger partial charge < -0.3 is 20.4 Å². The molecule has 0 aromatic heterocycles. The van der Waals surface area contributed by atoms with Gasteiger partial charge >= 0.3 is 6.03 Å². The van der Waals surface area contributed by atoms with Gasteiger partial charge in [-0.3, -0.25) is 0 Å². The largest absolute Gasteiger partial charge is 0.371 e. The van der Waals surface area contributed by atoms with E-state index < -0.39 is 0 Å². The van der Waals surface area contributed by atoms with Crippen molar-refractivity contribution in [1.82, 2.24) is 15.5 Å². The molecule has 1 aromatic rings. The summed E-state index contributed by atoms with van der Waals surface area (Å²) in [4.78, 5) is 16.9. The number of rotatable bonds is 7. The summed E-state index contributed by atoms with van der Waals surface area (Å²) in [6.45, 7) is 8.91. The number of carbonyl (C=O) groups is 1. The Morgan fingerprint density at radius 2 is 1.89 bits per heavy atom. The molecule has 2 aliphatic heterocycles. The lowest BCUT2D eigenvalue weighted by atomic mass is 10.1. The van der Waals surface area contributed by atoms with E-state index in [4.69, 9.17) is 0 Å². The lowest BCUT2D eigenvalue weighted by Crippen LogP contribution is -2.42. The maximum Gasteiger partial charge on any atom is 0.314 e. The van der Waals surface area contributed by atoms with Crippen molar-refractivity contribution in [3.63, 3.8) is 0 Å². The van der Waals surface area contributed by atoms with Crippen molar-refractivity contribution in [1.29, 1.82) is 0 Å². The van der Waals surface area contributed by atoms with Gasteiger partial charge in [0.05, 0.1) is 0 Å². The number of piperidine rings is 1. The highest BCUT2D eigenvalue weighted by molar-refractivity contribution is 5.73. The first-order valence-corrected chi connectivity index (χ1v) is 10.3. The Labute approximate surface area is 162 Å². The Bertz CT molecular complexity index is 588. The first kappa shape index (κ1) is 19.9. The third-order valence-electron chi connectivity index (χ3n) is 5.66. The molecule has 2 fully saturated rings. The van der Waals surface area contributed by atoms with Crippen molar-refractivity contribution >= 4 is 11.7 Å². The van der Waals surface area contributed by atoms with Gasteiger partial charge in [0.1, 0.15) is 5.82 Å². The number of nitrogens with zero attached hydrogens (tertiary/aromatic N) is 2. The molecule has 5 nitrogen and oxygen atoms in total. The van der Waals surface area contributed by atoms with Crippen LogP contribution in [-0.4, -0.2) is 56.7 Å². The molecule has 2 atom stereocenters. The van der Waals surface area contributed by atoms with Crippen molar-refractivity contribution in [2.45, 2.75) is 32.6 Å². The van der Waals surface area contributed by atoms with Crippen LogP contribution in [0.1, 0.15) is 32.6 Å². The van der Waals surface area contributed by atoms with Gasteiger partial charge in [0.25, 0.3) is 0 Å². The molecule has 150 valence electrons. The van der Waals surface area contributed by atoms with Crippen LogP contribution in [0.15, 0.2) is 24.3 Å². The smallest absolute Gasteiger partial charge is 0.314 e. The number of nitrogens with one attached hydrogen (secondary N) is 2. The first-order valence-electron chi connectivity index (χ1n) is 10.3. The van der Waals surface area contributed by atoms with Gasteiger partial charge in [-0.15, -0.1) is 0 Å². The maximum absolute atomic E-state index is 13.0. The van der Waals surface area contributed by atoms with E-state index in [1.807, 2.05) is 12.1 Å². The van der Waals surface area contributed by atoms with E-state index in [-0.39, 0.29) is 11.8 Å². The molecule has 2 amide bonds. The van der Waals surface area contributed by atoms with Crippen molar-refractivity contribution in [2.24, 2.45) is 11.8 Å². The number of anilines is 1. The number of halogens is 1. The molecule has 0 radical (unpaired) electrons. The lowest BCUT2D eigenvalue weighted by molar-refractivity contribution is 0.197. The lowest BCUT2D eigenvalue weighted by Gasteiger charge is -2.29. The molecule has 27 heavy (non-hydrogen) atoms. The van der Waals surface area contributed by atoms with E-state index in [1.54, 1.807) is 0 Å². The van der Waals surface area contributed by atoms with Gasteiger partial charge in [-0.1, -0.05) is 13.3 Å². The average molecular weight is 377 g/mol. The minimum atomic E-state index is -0.206. The van der Waals surface area contributed by atoms with Crippen LogP contribution in [-0.2, 0) is 0 Å². The third kappa shape index (κ3) is 6.38. The number of carbonyl (C=O) groups excluding carboxylic acids is 1. The molecule has 2 unspecified atom stereocenters. The van der Waals surface area contributed by atoms with Gasteiger partial charge in [0.15, 0.2) is 0 Å². The highest BCUT2D eigenvalue weighted by Crippen LogP contribution is 2.23. The molecule has 6 heteroatoms. The summed E-state index contributed by atoms with van der Waals surface area (Å²) >= 11 is 0. The zero-order valence-corrected chi connectivity index (χ0v) is 16.4. The standard InChI is InChI=1S/C21H33FN4O/c1-17(15-25-10-3-2-4-11-25)13-23-21(27)24-14-18-9-12-26(16-18)20-7-5-19(22)6-8-20/h5-8,17-18H,2-4,9-16H2,1H3,(H2,23,24,27). The Hall–Kier alpha value is -1.82.